The van der Waals surface area contributed by atoms with Gasteiger partial charge in [-0.2, -0.15) is 0 Å². The maximum Gasteiger partial charge on any atom is 0.185 e. The van der Waals surface area contributed by atoms with Crippen LogP contribution in [0.5, 0.6) is 0 Å². The first-order chi connectivity index (χ1) is 5.81. The molecule has 2 heterocycles. The third-order valence-corrected chi connectivity index (χ3v) is 2.47. The van der Waals surface area contributed by atoms with Gasteiger partial charge in [0, 0.05) is 13.2 Å². The first-order valence-electron chi connectivity index (χ1n) is 4.34. The summed E-state index contributed by atoms with van der Waals surface area (Å²) in [6.45, 7) is 2.67. The van der Waals surface area contributed by atoms with Gasteiger partial charge in [-0.25, -0.2) is 0 Å². The van der Waals surface area contributed by atoms with Crippen molar-refractivity contribution in [1.82, 2.24) is 5.32 Å². The van der Waals surface area contributed by atoms with Gasteiger partial charge in [0.15, 0.2) is 6.29 Å². The molecule has 3 unspecified atom stereocenters. The van der Waals surface area contributed by atoms with Crippen molar-refractivity contribution in [2.75, 3.05) is 13.8 Å². The zero-order valence-corrected chi connectivity index (χ0v) is 7.45. The molecule has 12 heavy (non-hydrogen) atoms. The Balaban J connectivity index is 2.04. The standard InChI is InChI=1S/C8H15NO3/c1-5-3-6-7(11-4-9-6)8(10-2)12-5/h5-9H,3-4H2,1-2H3/t5?,6?,7-,8?/m1/s1. The normalized spacial score (nSPS) is 47.5. The number of hydrogen-bond acceptors (Lipinski definition) is 4. The molecule has 0 aromatic rings. The van der Waals surface area contributed by atoms with Gasteiger partial charge in [-0.3, -0.25) is 5.32 Å². The van der Waals surface area contributed by atoms with E-state index in [1.807, 2.05) is 0 Å². The minimum absolute atomic E-state index is 0.0752. The van der Waals surface area contributed by atoms with Crippen LogP contribution in [-0.4, -0.2) is 38.4 Å². The average molecular weight is 173 g/mol. The first kappa shape index (κ1) is 8.44. The van der Waals surface area contributed by atoms with Crippen LogP contribution in [0.2, 0.25) is 0 Å². The second-order valence-electron chi connectivity index (χ2n) is 3.37. The van der Waals surface area contributed by atoms with E-state index in [-0.39, 0.29) is 18.5 Å². The molecule has 70 valence electrons. The Kier molecular flexibility index (Phi) is 2.32. The zero-order chi connectivity index (χ0) is 8.55. The first-order valence-corrected chi connectivity index (χ1v) is 4.34. The molecule has 0 aromatic heterocycles. The molecule has 1 N–H and O–H groups in total. The summed E-state index contributed by atoms with van der Waals surface area (Å²) in [7, 11) is 1.65. The van der Waals surface area contributed by atoms with Crippen LogP contribution in [0.15, 0.2) is 0 Å². The van der Waals surface area contributed by atoms with Crippen LogP contribution in [-0.2, 0) is 14.2 Å². The lowest BCUT2D eigenvalue weighted by molar-refractivity contribution is -0.227. The molecule has 0 amide bonds. The van der Waals surface area contributed by atoms with E-state index in [0.717, 1.165) is 6.42 Å². The number of rotatable bonds is 1. The Morgan fingerprint density at radius 1 is 1.50 bits per heavy atom. The number of hydrogen-bond donors (Lipinski definition) is 1. The largest absolute Gasteiger partial charge is 0.356 e. The van der Waals surface area contributed by atoms with E-state index >= 15 is 0 Å². The van der Waals surface area contributed by atoms with Gasteiger partial charge in [-0.05, 0) is 13.3 Å². The maximum absolute atomic E-state index is 5.56. The molecule has 0 radical (unpaired) electrons. The SMILES string of the molecule is COC1OC(C)CC2NCO[C@H]21. The molecule has 2 aliphatic heterocycles. The lowest BCUT2D eigenvalue weighted by atomic mass is 10.0. The number of methoxy groups -OCH3 is 1. The quantitative estimate of drug-likeness (QED) is 0.609. The molecule has 4 nitrogen and oxygen atoms in total. The average Bonchev–Trinajstić information content (AvgIpc) is 2.50. The lowest BCUT2D eigenvalue weighted by Gasteiger charge is -2.34. The molecule has 4 atom stereocenters. The smallest absolute Gasteiger partial charge is 0.185 e. The summed E-state index contributed by atoms with van der Waals surface area (Å²) in [6.07, 6.45) is 1.13. The molecule has 0 saturated carbocycles. The summed E-state index contributed by atoms with van der Waals surface area (Å²) in [5, 5.41) is 3.27. The van der Waals surface area contributed by atoms with E-state index in [2.05, 4.69) is 12.2 Å². The number of ether oxygens (including phenoxy) is 3. The highest BCUT2D eigenvalue weighted by atomic mass is 16.7. The molecule has 0 aliphatic carbocycles. The monoisotopic (exact) mass is 173 g/mol. The van der Waals surface area contributed by atoms with Gasteiger partial charge in [0.1, 0.15) is 6.10 Å². The highest BCUT2D eigenvalue weighted by Crippen LogP contribution is 2.25. The summed E-state index contributed by atoms with van der Waals surface area (Å²) in [4.78, 5) is 0. The second kappa shape index (κ2) is 3.30. The molecule has 2 fully saturated rings. The van der Waals surface area contributed by atoms with Gasteiger partial charge < -0.3 is 14.2 Å². The van der Waals surface area contributed by atoms with Crippen molar-refractivity contribution >= 4 is 0 Å². The van der Waals surface area contributed by atoms with Crippen molar-refractivity contribution in [3.8, 4) is 0 Å². The molecular weight excluding hydrogens is 158 g/mol. The second-order valence-corrected chi connectivity index (χ2v) is 3.37. The van der Waals surface area contributed by atoms with Gasteiger partial charge in [0.25, 0.3) is 0 Å². The number of nitrogens with one attached hydrogen (secondary N) is 1. The summed E-state index contributed by atoms with van der Waals surface area (Å²) in [5.74, 6) is 0. The van der Waals surface area contributed by atoms with E-state index in [1.165, 1.54) is 0 Å². The van der Waals surface area contributed by atoms with Gasteiger partial charge in [0.05, 0.1) is 12.8 Å². The van der Waals surface area contributed by atoms with E-state index in [9.17, 15) is 0 Å². The van der Waals surface area contributed by atoms with Crippen molar-refractivity contribution in [2.24, 2.45) is 0 Å². The predicted molar refractivity (Wildman–Crippen MR) is 42.6 cm³/mol. The summed E-state index contributed by atoms with van der Waals surface area (Å²) in [6, 6.07) is 0.402. The van der Waals surface area contributed by atoms with E-state index in [1.54, 1.807) is 7.11 Å². The van der Waals surface area contributed by atoms with Crippen LogP contribution in [0.1, 0.15) is 13.3 Å². The van der Waals surface area contributed by atoms with E-state index in [0.29, 0.717) is 12.8 Å². The highest BCUT2D eigenvalue weighted by molar-refractivity contribution is 4.89. The fourth-order valence-corrected chi connectivity index (χ4v) is 1.88. The minimum Gasteiger partial charge on any atom is -0.356 e. The van der Waals surface area contributed by atoms with E-state index in [4.69, 9.17) is 14.2 Å². The molecule has 2 saturated heterocycles. The Morgan fingerprint density at radius 2 is 2.33 bits per heavy atom. The fraction of sp³-hybridized carbons (Fsp3) is 1.00. The van der Waals surface area contributed by atoms with E-state index < -0.39 is 0 Å². The summed E-state index contributed by atoms with van der Waals surface area (Å²) >= 11 is 0. The molecular formula is C8H15NO3. The Morgan fingerprint density at radius 3 is 3.08 bits per heavy atom. The molecule has 2 aliphatic rings. The number of fused-ring (bicyclic) bond motifs is 1. The van der Waals surface area contributed by atoms with Gasteiger partial charge in [-0.15, -0.1) is 0 Å². The third kappa shape index (κ3) is 1.35. The molecule has 0 aromatic carbocycles. The molecule has 4 heteroatoms. The van der Waals surface area contributed by atoms with Crippen LogP contribution in [0.25, 0.3) is 0 Å². The Hall–Kier alpha value is -0.160. The maximum atomic E-state index is 5.56. The summed E-state index contributed by atoms with van der Waals surface area (Å²) in [5.41, 5.74) is 0. The van der Waals surface area contributed by atoms with Crippen molar-refractivity contribution < 1.29 is 14.2 Å². The summed E-state index contributed by atoms with van der Waals surface area (Å²) < 4.78 is 16.2. The Bertz CT molecular complexity index is 164. The van der Waals surface area contributed by atoms with Crippen molar-refractivity contribution in [3.63, 3.8) is 0 Å². The van der Waals surface area contributed by atoms with Gasteiger partial charge in [0.2, 0.25) is 0 Å². The van der Waals surface area contributed by atoms with Gasteiger partial charge >= 0.3 is 0 Å². The van der Waals surface area contributed by atoms with Crippen LogP contribution < -0.4 is 5.32 Å². The van der Waals surface area contributed by atoms with Gasteiger partial charge in [-0.1, -0.05) is 0 Å². The Labute approximate surface area is 72.2 Å². The third-order valence-electron chi connectivity index (χ3n) is 2.47. The predicted octanol–water partition coefficient (Wildman–Crippen LogP) is 0.0822. The van der Waals surface area contributed by atoms with Crippen molar-refractivity contribution in [3.05, 3.63) is 0 Å². The van der Waals surface area contributed by atoms with Crippen molar-refractivity contribution in [1.29, 1.82) is 0 Å². The molecule has 0 bridgehead atoms. The zero-order valence-electron chi connectivity index (χ0n) is 7.45. The molecule has 2 rings (SSSR count). The highest BCUT2D eigenvalue weighted by Gasteiger charge is 2.41. The van der Waals surface area contributed by atoms with Crippen LogP contribution in [0.3, 0.4) is 0 Å². The topological polar surface area (TPSA) is 39.7 Å². The van der Waals surface area contributed by atoms with Crippen LogP contribution >= 0.6 is 0 Å². The molecule has 0 spiro atoms. The van der Waals surface area contributed by atoms with Crippen LogP contribution in [0.4, 0.5) is 0 Å². The lowest BCUT2D eigenvalue weighted by Crippen LogP contribution is -2.49. The minimum atomic E-state index is -0.200. The van der Waals surface area contributed by atoms with Crippen molar-refractivity contribution in [2.45, 2.75) is 37.9 Å². The fourth-order valence-electron chi connectivity index (χ4n) is 1.88. The van der Waals surface area contributed by atoms with Crippen LogP contribution in [0, 0.1) is 0 Å².